The number of benzene rings is 1. The molecule has 0 aliphatic rings. The molecule has 0 unspecified atom stereocenters. The van der Waals surface area contributed by atoms with Gasteiger partial charge in [0.25, 0.3) is 11.2 Å². The number of aliphatic carboxylic acids is 1. The summed E-state index contributed by atoms with van der Waals surface area (Å²) in [5.41, 5.74) is -0.211. The van der Waals surface area contributed by atoms with Gasteiger partial charge in [0.05, 0.1) is 10.4 Å². The summed E-state index contributed by atoms with van der Waals surface area (Å²) in [6.45, 7) is -0.478. The maximum atomic E-state index is 11.6. The molecule has 18 heavy (non-hydrogen) atoms. The predicted octanol–water partition coefficient (Wildman–Crippen LogP) is 0.994. The van der Waals surface area contributed by atoms with Gasteiger partial charge < -0.3 is 5.11 Å². The Labute approximate surface area is 100 Å². The second kappa shape index (κ2) is 4.28. The van der Waals surface area contributed by atoms with Crippen LogP contribution in [-0.2, 0) is 11.3 Å². The molecule has 1 N–H and O–H groups in total. The molecule has 1 aromatic carbocycles. The first kappa shape index (κ1) is 11.8. The minimum Gasteiger partial charge on any atom is -0.480 e. The highest BCUT2D eigenvalue weighted by molar-refractivity contribution is 5.82. The van der Waals surface area contributed by atoms with Gasteiger partial charge in [-0.2, -0.15) is 0 Å². The Kier molecular flexibility index (Phi) is 2.80. The van der Waals surface area contributed by atoms with Crippen LogP contribution in [0.2, 0.25) is 0 Å². The Bertz CT molecular complexity index is 704. The lowest BCUT2D eigenvalue weighted by Crippen LogP contribution is -2.23. The third-order valence-corrected chi connectivity index (χ3v) is 2.48. The van der Waals surface area contributed by atoms with Gasteiger partial charge in [-0.15, -0.1) is 0 Å². The van der Waals surface area contributed by atoms with E-state index in [2.05, 4.69) is 0 Å². The zero-order valence-electron chi connectivity index (χ0n) is 9.07. The van der Waals surface area contributed by atoms with Crippen molar-refractivity contribution in [3.8, 4) is 0 Å². The normalized spacial score (nSPS) is 10.4. The van der Waals surface area contributed by atoms with E-state index in [4.69, 9.17) is 5.11 Å². The van der Waals surface area contributed by atoms with Crippen molar-refractivity contribution in [1.82, 2.24) is 4.57 Å². The van der Waals surface area contributed by atoms with E-state index in [1.165, 1.54) is 30.3 Å². The molecule has 0 aliphatic carbocycles. The monoisotopic (exact) mass is 248 g/mol. The predicted molar refractivity (Wildman–Crippen MR) is 62.5 cm³/mol. The molecule has 0 atom stereocenters. The fourth-order valence-corrected chi connectivity index (χ4v) is 1.70. The average Bonchev–Trinajstić information content (AvgIpc) is 2.31. The number of hydrogen-bond donors (Lipinski definition) is 1. The number of carbonyl (C=O) groups is 1. The lowest BCUT2D eigenvalue weighted by molar-refractivity contribution is -0.384. The first-order valence-corrected chi connectivity index (χ1v) is 4.99. The van der Waals surface area contributed by atoms with E-state index in [0.717, 1.165) is 4.57 Å². The second-order valence-corrected chi connectivity index (χ2v) is 3.65. The summed E-state index contributed by atoms with van der Waals surface area (Å²) in [4.78, 5) is 32.3. The standard InChI is InChI=1S/C11H8N2O5/c14-10-4-1-7-5-8(13(17)18)2-3-9(7)12(10)6-11(15)16/h1-5H,6H2,(H,15,16). The molecule has 0 amide bonds. The van der Waals surface area contributed by atoms with Crippen molar-refractivity contribution < 1.29 is 14.8 Å². The van der Waals surface area contributed by atoms with Crippen LogP contribution in [0, 0.1) is 10.1 Å². The van der Waals surface area contributed by atoms with E-state index in [9.17, 15) is 19.7 Å². The van der Waals surface area contributed by atoms with Crippen LogP contribution >= 0.6 is 0 Å². The summed E-state index contributed by atoms with van der Waals surface area (Å²) in [6.07, 6.45) is 0. The van der Waals surface area contributed by atoms with Gasteiger partial charge in [0.1, 0.15) is 6.54 Å². The molecule has 7 heteroatoms. The first-order valence-electron chi connectivity index (χ1n) is 4.99. The number of nitro benzene ring substituents is 1. The maximum Gasteiger partial charge on any atom is 0.323 e. The highest BCUT2D eigenvalue weighted by Crippen LogP contribution is 2.19. The molecule has 0 aliphatic heterocycles. The van der Waals surface area contributed by atoms with Crippen LogP contribution in [0.15, 0.2) is 35.1 Å². The smallest absolute Gasteiger partial charge is 0.323 e. The first-order chi connectivity index (χ1) is 8.49. The van der Waals surface area contributed by atoms with E-state index in [-0.39, 0.29) is 5.69 Å². The van der Waals surface area contributed by atoms with Crippen molar-refractivity contribution in [3.05, 3.63) is 50.8 Å². The van der Waals surface area contributed by atoms with Crippen LogP contribution in [0.4, 0.5) is 5.69 Å². The summed E-state index contributed by atoms with van der Waals surface area (Å²) in [6, 6.07) is 6.53. The van der Waals surface area contributed by atoms with Crippen LogP contribution in [-0.4, -0.2) is 20.6 Å². The fourth-order valence-electron chi connectivity index (χ4n) is 1.70. The van der Waals surface area contributed by atoms with Gasteiger partial charge in [0.15, 0.2) is 0 Å². The third kappa shape index (κ3) is 2.05. The van der Waals surface area contributed by atoms with Crippen LogP contribution in [0.5, 0.6) is 0 Å². The van der Waals surface area contributed by atoms with Crippen LogP contribution in [0.1, 0.15) is 0 Å². The zero-order chi connectivity index (χ0) is 13.3. The molecule has 0 fully saturated rings. The van der Waals surface area contributed by atoms with E-state index in [1.807, 2.05) is 0 Å². The zero-order valence-corrected chi connectivity index (χ0v) is 9.07. The molecule has 2 aromatic rings. The van der Waals surface area contributed by atoms with Crippen molar-refractivity contribution >= 4 is 22.6 Å². The van der Waals surface area contributed by atoms with Crippen molar-refractivity contribution in [2.24, 2.45) is 0 Å². The Hall–Kier alpha value is -2.70. The van der Waals surface area contributed by atoms with Crippen LogP contribution < -0.4 is 5.56 Å². The molecule has 7 nitrogen and oxygen atoms in total. The third-order valence-electron chi connectivity index (χ3n) is 2.48. The van der Waals surface area contributed by atoms with Crippen molar-refractivity contribution in [2.45, 2.75) is 6.54 Å². The Morgan fingerprint density at radius 1 is 1.33 bits per heavy atom. The molecule has 1 aromatic heterocycles. The number of non-ortho nitro benzene ring substituents is 1. The topological polar surface area (TPSA) is 102 Å². The number of rotatable bonds is 3. The Morgan fingerprint density at radius 2 is 2.06 bits per heavy atom. The Balaban J connectivity index is 2.70. The molecule has 0 saturated carbocycles. The lowest BCUT2D eigenvalue weighted by Gasteiger charge is -2.06. The fraction of sp³-hybridized carbons (Fsp3) is 0.0909. The molecule has 0 bridgehead atoms. The van der Waals surface area contributed by atoms with Crippen LogP contribution in [0.25, 0.3) is 10.9 Å². The van der Waals surface area contributed by atoms with Gasteiger partial charge in [-0.3, -0.25) is 24.3 Å². The van der Waals surface area contributed by atoms with Crippen molar-refractivity contribution in [1.29, 1.82) is 0 Å². The molecule has 0 radical (unpaired) electrons. The van der Waals surface area contributed by atoms with E-state index >= 15 is 0 Å². The lowest BCUT2D eigenvalue weighted by atomic mass is 10.2. The van der Waals surface area contributed by atoms with E-state index in [1.54, 1.807) is 0 Å². The summed E-state index contributed by atoms with van der Waals surface area (Å²) in [5.74, 6) is -1.15. The number of carboxylic acids is 1. The minimum absolute atomic E-state index is 0.108. The molecular weight excluding hydrogens is 240 g/mol. The van der Waals surface area contributed by atoms with Gasteiger partial charge in [0.2, 0.25) is 0 Å². The Morgan fingerprint density at radius 3 is 2.67 bits per heavy atom. The number of aromatic nitrogens is 1. The van der Waals surface area contributed by atoms with E-state index < -0.39 is 23.0 Å². The van der Waals surface area contributed by atoms with Crippen molar-refractivity contribution in [2.75, 3.05) is 0 Å². The number of nitro groups is 1. The number of fused-ring (bicyclic) bond motifs is 1. The molecule has 1 heterocycles. The van der Waals surface area contributed by atoms with Gasteiger partial charge in [-0.1, -0.05) is 0 Å². The van der Waals surface area contributed by atoms with Gasteiger partial charge >= 0.3 is 5.97 Å². The summed E-state index contributed by atoms with van der Waals surface area (Å²) >= 11 is 0. The highest BCUT2D eigenvalue weighted by Gasteiger charge is 2.10. The van der Waals surface area contributed by atoms with Crippen molar-refractivity contribution in [3.63, 3.8) is 0 Å². The summed E-state index contributed by atoms with van der Waals surface area (Å²) in [5, 5.41) is 19.8. The van der Waals surface area contributed by atoms with E-state index in [0.29, 0.717) is 10.9 Å². The molecule has 2 rings (SSSR count). The number of nitrogens with zero attached hydrogens (tertiary/aromatic N) is 2. The average molecular weight is 248 g/mol. The SMILES string of the molecule is O=C(O)Cn1c(=O)ccc2cc([N+](=O)[O-])ccc21. The molecule has 0 spiro atoms. The summed E-state index contributed by atoms with van der Waals surface area (Å²) in [7, 11) is 0. The number of carboxylic acid groups (broad SMARTS) is 1. The molecule has 0 saturated heterocycles. The van der Waals surface area contributed by atoms with Crippen LogP contribution in [0.3, 0.4) is 0 Å². The number of hydrogen-bond acceptors (Lipinski definition) is 4. The molecular formula is C11H8N2O5. The van der Waals surface area contributed by atoms with Gasteiger partial charge in [0, 0.05) is 23.6 Å². The molecule has 92 valence electrons. The second-order valence-electron chi connectivity index (χ2n) is 3.65. The van der Waals surface area contributed by atoms with Gasteiger partial charge in [-0.25, -0.2) is 0 Å². The minimum atomic E-state index is -1.15. The van der Waals surface area contributed by atoms with Gasteiger partial charge in [-0.05, 0) is 12.1 Å². The summed E-state index contributed by atoms with van der Waals surface area (Å²) < 4.78 is 1.06. The quantitative estimate of drug-likeness (QED) is 0.644. The number of pyridine rings is 1. The highest BCUT2D eigenvalue weighted by atomic mass is 16.6. The largest absolute Gasteiger partial charge is 0.480 e. The maximum absolute atomic E-state index is 11.6.